The summed E-state index contributed by atoms with van der Waals surface area (Å²) in [6, 6.07) is 7.23. The highest BCUT2D eigenvalue weighted by atomic mass is 16.7. The van der Waals surface area contributed by atoms with Crippen LogP contribution in [-0.2, 0) is 19.1 Å². The number of ether oxygens (including phenoxy) is 3. The molecule has 0 spiro atoms. The van der Waals surface area contributed by atoms with Gasteiger partial charge in [0.25, 0.3) is 5.79 Å². The van der Waals surface area contributed by atoms with Crippen LogP contribution in [0.1, 0.15) is 20.8 Å². The first-order valence-corrected chi connectivity index (χ1v) is 7.85. The SMILES string of the molecule is CCOc1ccc(NC=C2C(=O)OC(C)(C)OC2=O)c2cccnc12. The summed E-state index contributed by atoms with van der Waals surface area (Å²) >= 11 is 0. The lowest BCUT2D eigenvalue weighted by molar-refractivity contribution is -0.222. The van der Waals surface area contributed by atoms with Gasteiger partial charge in [0.2, 0.25) is 0 Å². The zero-order valence-electron chi connectivity index (χ0n) is 14.2. The van der Waals surface area contributed by atoms with Crippen molar-refractivity contribution in [2.45, 2.75) is 26.6 Å². The van der Waals surface area contributed by atoms with E-state index < -0.39 is 17.7 Å². The van der Waals surface area contributed by atoms with Gasteiger partial charge in [-0.1, -0.05) is 0 Å². The van der Waals surface area contributed by atoms with Crippen molar-refractivity contribution in [2.24, 2.45) is 0 Å². The van der Waals surface area contributed by atoms with Crippen LogP contribution in [0.5, 0.6) is 5.75 Å². The van der Waals surface area contributed by atoms with Gasteiger partial charge in [0.05, 0.1) is 6.61 Å². The average molecular weight is 342 g/mol. The Kier molecular flexibility index (Phi) is 4.31. The van der Waals surface area contributed by atoms with Gasteiger partial charge in [-0.3, -0.25) is 4.98 Å². The lowest BCUT2D eigenvalue weighted by Gasteiger charge is -2.29. The van der Waals surface area contributed by atoms with Crippen molar-refractivity contribution >= 4 is 28.5 Å². The third kappa shape index (κ3) is 3.40. The molecule has 1 fully saturated rings. The monoisotopic (exact) mass is 342 g/mol. The van der Waals surface area contributed by atoms with Gasteiger partial charge < -0.3 is 19.5 Å². The van der Waals surface area contributed by atoms with Crippen molar-refractivity contribution in [2.75, 3.05) is 11.9 Å². The van der Waals surface area contributed by atoms with Crippen LogP contribution in [0.25, 0.3) is 10.9 Å². The van der Waals surface area contributed by atoms with Crippen LogP contribution >= 0.6 is 0 Å². The Bertz CT molecular complexity index is 851. The number of fused-ring (bicyclic) bond motifs is 1. The highest BCUT2D eigenvalue weighted by Crippen LogP contribution is 2.30. The predicted molar refractivity (Wildman–Crippen MR) is 90.9 cm³/mol. The fourth-order valence-electron chi connectivity index (χ4n) is 2.47. The fraction of sp³-hybridized carbons (Fsp3) is 0.278. The van der Waals surface area contributed by atoms with Crippen molar-refractivity contribution in [3.63, 3.8) is 0 Å². The van der Waals surface area contributed by atoms with E-state index in [-0.39, 0.29) is 5.57 Å². The largest absolute Gasteiger partial charge is 0.492 e. The van der Waals surface area contributed by atoms with Crippen LogP contribution in [-0.4, -0.2) is 29.3 Å². The number of nitrogens with zero attached hydrogens (tertiary/aromatic N) is 1. The number of hydrogen-bond donors (Lipinski definition) is 1. The number of rotatable bonds is 4. The first-order valence-electron chi connectivity index (χ1n) is 7.85. The van der Waals surface area contributed by atoms with Gasteiger partial charge in [0, 0.05) is 37.3 Å². The fourth-order valence-corrected chi connectivity index (χ4v) is 2.47. The highest BCUT2D eigenvalue weighted by Gasteiger charge is 2.38. The van der Waals surface area contributed by atoms with Gasteiger partial charge in [-0.2, -0.15) is 0 Å². The number of aromatic nitrogens is 1. The van der Waals surface area contributed by atoms with E-state index in [2.05, 4.69) is 10.3 Å². The number of carbonyl (C=O) groups excluding carboxylic acids is 2. The summed E-state index contributed by atoms with van der Waals surface area (Å²) in [6.45, 7) is 5.42. The molecule has 0 atom stereocenters. The Morgan fingerprint density at radius 2 is 1.92 bits per heavy atom. The van der Waals surface area contributed by atoms with Crippen molar-refractivity contribution in [3.8, 4) is 5.75 Å². The Labute approximate surface area is 144 Å². The maximum absolute atomic E-state index is 12.0. The molecule has 0 amide bonds. The molecule has 2 aromatic rings. The minimum atomic E-state index is -1.26. The van der Waals surface area contributed by atoms with Gasteiger partial charge in [-0.05, 0) is 31.2 Å². The number of nitrogens with one attached hydrogen (secondary N) is 1. The van der Waals surface area contributed by atoms with E-state index in [1.807, 2.05) is 13.0 Å². The molecule has 0 saturated carbocycles. The van der Waals surface area contributed by atoms with Crippen LogP contribution in [0.3, 0.4) is 0 Å². The van der Waals surface area contributed by atoms with Gasteiger partial charge in [-0.15, -0.1) is 0 Å². The zero-order chi connectivity index (χ0) is 18.0. The van der Waals surface area contributed by atoms with Gasteiger partial charge in [-0.25, -0.2) is 9.59 Å². The molecule has 7 heteroatoms. The molecule has 0 bridgehead atoms. The molecular weight excluding hydrogens is 324 g/mol. The van der Waals surface area contributed by atoms with E-state index in [4.69, 9.17) is 14.2 Å². The second-order valence-electron chi connectivity index (χ2n) is 5.83. The highest BCUT2D eigenvalue weighted by molar-refractivity contribution is 6.15. The second-order valence-corrected chi connectivity index (χ2v) is 5.83. The first kappa shape index (κ1) is 16.8. The van der Waals surface area contributed by atoms with E-state index in [0.29, 0.717) is 23.6 Å². The predicted octanol–water partition coefficient (Wildman–Crippen LogP) is 2.77. The van der Waals surface area contributed by atoms with Crippen LogP contribution in [0.15, 0.2) is 42.2 Å². The smallest absolute Gasteiger partial charge is 0.350 e. The number of cyclic esters (lactones) is 2. The summed E-state index contributed by atoms with van der Waals surface area (Å²) in [5.41, 5.74) is 1.15. The molecule has 1 aromatic heterocycles. The molecular formula is C18H18N2O5. The number of carbonyl (C=O) groups is 2. The topological polar surface area (TPSA) is 86.8 Å². The Morgan fingerprint density at radius 1 is 1.20 bits per heavy atom. The van der Waals surface area contributed by atoms with Crippen LogP contribution in [0.4, 0.5) is 5.69 Å². The lowest BCUT2D eigenvalue weighted by atomic mass is 10.1. The summed E-state index contributed by atoms with van der Waals surface area (Å²) in [5, 5.41) is 3.75. The quantitative estimate of drug-likeness (QED) is 0.519. The molecule has 0 aliphatic carbocycles. The standard InChI is InChI=1S/C18H18N2O5/c1-4-23-14-8-7-13(11-6-5-9-19-15(11)14)20-10-12-16(21)24-18(2,3)25-17(12)22/h5-10,20H,4H2,1-3H3. The molecule has 7 nitrogen and oxygen atoms in total. The number of pyridine rings is 1. The molecule has 1 aliphatic heterocycles. The van der Waals surface area contributed by atoms with E-state index in [0.717, 1.165) is 5.39 Å². The van der Waals surface area contributed by atoms with Crippen LogP contribution in [0, 0.1) is 0 Å². The Balaban J connectivity index is 1.93. The average Bonchev–Trinajstić information content (AvgIpc) is 2.55. The molecule has 0 radical (unpaired) electrons. The maximum atomic E-state index is 12.0. The van der Waals surface area contributed by atoms with E-state index >= 15 is 0 Å². The van der Waals surface area contributed by atoms with Crippen LogP contribution < -0.4 is 10.1 Å². The molecule has 1 saturated heterocycles. The minimum absolute atomic E-state index is 0.203. The third-order valence-electron chi connectivity index (χ3n) is 3.52. The molecule has 1 aliphatic rings. The van der Waals surface area contributed by atoms with Crippen molar-refractivity contribution in [1.29, 1.82) is 0 Å². The summed E-state index contributed by atoms with van der Waals surface area (Å²) in [5.74, 6) is -2.07. The summed E-state index contributed by atoms with van der Waals surface area (Å²) in [6.07, 6.45) is 2.95. The third-order valence-corrected chi connectivity index (χ3v) is 3.52. The Hall–Kier alpha value is -3.09. The molecule has 0 unspecified atom stereocenters. The lowest BCUT2D eigenvalue weighted by Crippen LogP contribution is -2.42. The van der Waals surface area contributed by atoms with Gasteiger partial charge in [0.15, 0.2) is 5.57 Å². The van der Waals surface area contributed by atoms with Crippen molar-refractivity contribution < 1.29 is 23.8 Å². The first-order chi connectivity index (χ1) is 11.9. The normalized spacial score (nSPS) is 16.2. The molecule has 1 aromatic carbocycles. The summed E-state index contributed by atoms with van der Waals surface area (Å²) < 4.78 is 15.7. The molecule has 130 valence electrons. The second kappa shape index (κ2) is 6.43. The number of benzene rings is 1. The number of anilines is 1. The summed E-state index contributed by atoms with van der Waals surface area (Å²) in [4.78, 5) is 28.3. The van der Waals surface area contributed by atoms with Crippen molar-refractivity contribution in [3.05, 3.63) is 42.2 Å². The maximum Gasteiger partial charge on any atom is 0.350 e. The zero-order valence-corrected chi connectivity index (χ0v) is 14.2. The number of hydrogen-bond acceptors (Lipinski definition) is 7. The van der Waals surface area contributed by atoms with Crippen LogP contribution in [0.2, 0.25) is 0 Å². The Morgan fingerprint density at radius 3 is 2.60 bits per heavy atom. The molecule has 2 heterocycles. The molecule has 1 N–H and O–H groups in total. The van der Waals surface area contributed by atoms with Gasteiger partial charge in [0.1, 0.15) is 11.3 Å². The van der Waals surface area contributed by atoms with Crippen molar-refractivity contribution in [1.82, 2.24) is 4.98 Å². The van der Waals surface area contributed by atoms with E-state index in [1.54, 1.807) is 24.4 Å². The van der Waals surface area contributed by atoms with E-state index in [9.17, 15) is 9.59 Å². The van der Waals surface area contributed by atoms with E-state index in [1.165, 1.54) is 20.0 Å². The molecule has 25 heavy (non-hydrogen) atoms. The van der Waals surface area contributed by atoms with Gasteiger partial charge >= 0.3 is 11.9 Å². The number of esters is 2. The summed E-state index contributed by atoms with van der Waals surface area (Å²) in [7, 11) is 0. The minimum Gasteiger partial charge on any atom is -0.492 e. The molecule has 3 rings (SSSR count).